The fourth-order valence-corrected chi connectivity index (χ4v) is 2.22. The van der Waals surface area contributed by atoms with Crippen molar-refractivity contribution in [3.63, 3.8) is 0 Å². The monoisotopic (exact) mass is 277 g/mol. The number of morpholine rings is 1. The number of nitro benzene ring substituents is 1. The fraction of sp³-hybridized carbons (Fsp3) is 0.462. The van der Waals surface area contributed by atoms with Crippen LogP contribution < -0.4 is 0 Å². The maximum Gasteiger partial charge on any atom is 0.269 e. The molecule has 1 aliphatic heterocycles. The van der Waals surface area contributed by atoms with Crippen LogP contribution in [0.2, 0.25) is 0 Å². The van der Waals surface area contributed by atoms with Gasteiger partial charge in [-0.25, -0.2) is 0 Å². The third-order valence-corrected chi connectivity index (χ3v) is 3.42. The Morgan fingerprint density at radius 2 is 2.40 bits per heavy atom. The summed E-state index contributed by atoms with van der Waals surface area (Å²) in [6.07, 6.45) is 0. The molecular weight excluding hydrogens is 262 g/mol. The van der Waals surface area contributed by atoms with Crippen molar-refractivity contribution in [2.24, 2.45) is 0 Å². The van der Waals surface area contributed by atoms with Crippen LogP contribution in [0.4, 0.5) is 5.69 Å². The maximum absolute atomic E-state index is 10.8. The van der Waals surface area contributed by atoms with Gasteiger partial charge in [0.2, 0.25) is 0 Å². The third kappa shape index (κ3) is 2.77. The number of hydrogen-bond acceptors (Lipinski definition) is 6. The number of ether oxygens (including phenoxy) is 1. The molecule has 0 bridgehead atoms. The van der Waals surface area contributed by atoms with E-state index in [0.29, 0.717) is 19.7 Å². The first-order chi connectivity index (χ1) is 9.61. The number of non-ortho nitro benzene ring substituents is 1. The SMILES string of the molecule is N#CC1(CO)COCCN1Cc1cccc([N+](=O)[O-])c1. The molecule has 1 aliphatic rings. The molecule has 1 atom stereocenters. The summed E-state index contributed by atoms with van der Waals surface area (Å²) in [5, 5.41) is 29.5. The Morgan fingerprint density at radius 3 is 3.05 bits per heavy atom. The molecule has 7 nitrogen and oxygen atoms in total. The summed E-state index contributed by atoms with van der Waals surface area (Å²) in [5.74, 6) is 0. The Hall–Kier alpha value is -2.01. The van der Waals surface area contributed by atoms with Crippen molar-refractivity contribution < 1.29 is 14.8 Å². The molecule has 7 heteroatoms. The molecule has 0 saturated carbocycles. The Labute approximate surface area is 116 Å². The standard InChI is InChI=1S/C13H15N3O4/c14-8-13(9-17)10-20-5-4-15(13)7-11-2-1-3-12(6-11)16(18)19/h1-3,6,17H,4-5,7,9-10H2. The van der Waals surface area contributed by atoms with Crippen molar-refractivity contribution in [2.75, 3.05) is 26.4 Å². The second-order valence-electron chi connectivity index (χ2n) is 4.70. The predicted molar refractivity (Wildman–Crippen MR) is 69.8 cm³/mol. The van der Waals surface area contributed by atoms with Gasteiger partial charge in [0.15, 0.2) is 5.54 Å². The fourth-order valence-electron chi connectivity index (χ4n) is 2.22. The van der Waals surface area contributed by atoms with Crippen molar-refractivity contribution in [3.8, 4) is 6.07 Å². The van der Waals surface area contributed by atoms with Gasteiger partial charge < -0.3 is 9.84 Å². The molecule has 2 rings (SSSR count). The van der Waals surface area contributed by atoms with E-state index >= 15 is 0 Å². The van der Waals surface area contributed by atoms with Crippen LogP contribution in [0.3, 0.4) is 0 Å². The van der Waals surface area contributed by atoms with E-state index in [-0.39, 0.29) is 18.9 Å². The first kappa shape index (κ1) is 14.4. The summed E-state index contributed by atoms with van der Waals surface area (Å²) < 4.78 is 5.26. The molecule has 1 heterocycles. The number of nitro groups is 1. The summed E-state index contributed by atoms with van der Waals surface area (Å²) >= 11 is 0. The molecule has 1 unspecified atom stereocenters. The molecule has 1 N–H and O–H groups in total. The smallest absolute Gasteiger partial charge is 0.269 e. The maximum atomic E-state index is 10.8. The number of benzene rings is 1. The van der Waals surface area contributed by atoms with Crippen LogP contribution in [-0.4, -0.2) is 46.8 Å². The molecule has 106 valence electrons. The lowest BCUT2D eigenvalue weighted by Gasteiger charge is -2.40. The molecule has 1 fully saturated rings. The van der Waals surface area contributed by atoms with Gasteiger partial charge in [-0.15, -0.1) is 0 Å². The minimum absolute atomic E-state index is 0.0160. The first-order valence-corrected chi connectivity index (χ1v) is 6.19. The highest BCUT2D eigenvalue weighted by atomic mass is 16.6. The highest BCUT2D eigenvalue weighted by Crippen LogP contribution is 2.23. The Bertz CT molecular complexity index is 543. The minimum Gasteiger partial charge on any atom is -0.393 e. The average molecular weight is 277 g/mol. The highest BCUT2D eigenvalue weighted by molar-refractivity contribution is 5.34. The van der Waals surface area contributed by atoms with Crippen LogP contribution in [0.25, 0.3) is 0 Å². The Balaban J connectivity index is 2.21. The van der Waals surface area contributed by atoms with E-state index < -0.39 is 10.5 Å². The van der Waals surface area contributed by atoms with Gasteiger partial charge in [-0.2, -0.15) is 5.26 Å². The molecule has 0 spiro atoms. The largest absolute Gasteiger partial charge is 0.393 e. The van der Waals surface area contributed by atoms with Crippen LogP contribution in [0, 0.1) is 21.4 Å². The van der Waals surface area contributed by atoms with Crippen LogP contribution in [-0.2, 0) is 11.3 Å². The van der Waals surface area contributed by atoms with Gasteiger partial charge >= 0.3 is 0 Å². The van der Waals surface area contributed by atoms with E-state index in [9.17, 15) is 20.5 Å². The highest BCUT2D eigenvalue weighted by Gasteiger charge is 2.39. The summed E-state index contributed by atoms with van der Waals surface area (Å²) in [7, 11) is 0. The van der Waals surface area contributed by atoms with Crippen molar-refractivity contribution in [1.82, 2.24) is 4.90 Å². The van der Waals surface area contributed by atoms with Crippen molar-refractivity contribution in [2.45, 2.75) is 12.1 Å². The Morgan fingerprint density at radius 1 is 1.60 bits per heavy atom. The lowest BCUT2D eigenvalue weighted by molar-refractivity contribution is -0.384. The summed E-state index contributed by atoms with van der Waals surface area (Å²) in [6, 6.07) is 8.37. The lowest BCUT2D eigenvalue weighted by Crippen LogP contribution is -2.57. The summed E-state index contributed by atoms with van der Waals surface area (Å²) in [5.41, 5.74) is -0.334. The first-order valence-electron chi connectivity index (χ1n) is 6.19. The topological polar surface area (TPSA) is 99.6 Å². The van der Waals surface area contributed by atoms with E-state index in [4.69, 9.17) is 4.74 Å². The van der Waals surface area contributed by atoms with E-state index in [2.05, 4.69) is 6.07 Å². The van der Waals surface area contributed by atoms with Gasteiger partial charge in [0.25, 0.3) is 5.69 Å². The zero-order valence-electron chi connectivity index (χ0n) is 10.9. The second-order valence-corrected chi connectivity index (χ2v) is 4.70. The number of aliphatic hydroxyl groups is 1. The van der Waals surface area contributed by atoms with E-state index in [1.54, 1.807) is 17.0 Å². The zero-order valence-corrected chi connectivity index (χ0v) is 10.9. The van der Waals surface area contributed by atoms with Crippen LogP contribution in [0.15, 0.2) is 24.3 Å². The van der Waals surface area contributed by atoms with E-state index in [1.165, 1.54) is 12.1 Å². The molecule has 0 radical (unpaired) electrons. The number of rotatable bonds is 4. The van der Waals surface area contributed by atoms with Crippen molar-refractivity contribution in [1.29, 1.82) is 5.26 Å². The Kier molecular flexibility index (Phi) is 4.29. The summed E-state index contributed by atoms with van der Waals surface area (Å²) in [4.78, 5) is 12.1. The normalized spacial score (nSPS) is 23.2. The molecule has 0 amide bonds. The van der Waals surface area contributed by atoms with Crippen LogP contribution in [0.5, 0.6) is 0 Å². The van der Waals surface area contributed by atoms with Gasteiger partial charge in [0.05, 0.1) is 30.8 Å². The predicted octanol–water partition coefficient (Wildman–Crippen LogP) is 0.682. The van der Waals surface area contributed by atoms with E-state index in [0.717, 1.165) is 5.56 Å². The molecular formula is C13H15N3O4. The number of hydrogen-bond donors (Lipinski definition) is 1. The van der Waals surface area contributed by atoms with Gasteiger partial charge in [0, 0.05) is 25.2 Å². The van der Waals surface area contributed by atoms with Gasteiger partial charge in [0.1, 0.15) is 0 Å². The molecule has 0 aliphatic carbocycles. The average Bonchev–Trinajstić information content (AvgIpc) is 2.48. The van der Waals surface area contributed by atoms with Gasteiger partial charge in [-0.3, -0.25) is 15.0 Å². The van der Waals surface area contributed by atoms with Crippen molar-refractivity contribution in [3.05, 3.63) is 39.9 Å². The minimum atomic E-state index is -1.08. The van der Waals surface area contributed by atoms with Gasteiger partial charge in [-0.05, 0) is 5.56 Å². The number of nitrogens with zero attached hydrogens (tertiary/aromatic N) is 3. The third-order valence-electron chi connectivity index (χ3n) is 3.42. The second kappa shape index (κ2) is 5.96. The molecule has 20 heavy (non-hydrogen) atoms. The molecule has 1 aromatic carbocycles. The van der Waals surface area contributed by atoms with Crippen LogP contribution >= 0.6 is 0 Å². The molecule has 0 aromatic heterocycles. The molecule has 1 saturated heterocycles. The quantitative estimate of drug-likeness (QED) is 0.641. The zero-order chi connectivity index (χ0) is 14.6. The number of aliphatic hydroxyl groups excluding tert-OH is 1. The van der Waals surface area contributed by atoms with Crippen LogP contribution in [0.1, 0.15) is 5.56 Å². The number of nitriles is 1. The molecule has 1 aromatic rings. The van der Waals surface area contributed by atoms with Gasteiger partial charge in [-0.1, -0.05) is 12.1 Å². The lowest BCUT2D eigenvalue weighted by atomic mass is 9.99. The van der Waals surface area contributed by atoms with Crippen molar-refractivity contribution >= 4 is 5.69 Å². The van der Waals surface area contributed by atoms with E-state index in [1.807, 2.05) is 0 Å². The summed E-state index contributed by atoms with van der Waals surface area (Å²) in [6.45, 7) is 1.13.